The van der Waals surface area contributed by atoms with E-state index in [1.54, 1.807) is 24.4 Å². The minimum atomic E-state index is -4.40. The number of carbonyl (C=O) groups is 1. The van der Waals surface area contributed by atoms with Crippen molar-refractivity contribution in [3.63, 3.8) is 0 Å². The Hall–Kier alpha value is -3.09. The van der Waals surface area contributed by atoms with Gasteiger partial charge in [0.15, 0.2) is 6.61 Å². The highest BCUT2D eigenvalue weighted by Gasteiger charge is 2.30. The summed E-state index contributed by atoms with van der Waals surface area (Å²) in [6, 6.07) is 13.1. The predicted molar refractivity (Wildman–Crippen MR) is 87.3 cm³/mol. The van der Waals surface area contributed by atoms with Crippen molar-refractivity contribution in [2.75, 3.05) is 11.9 Å². The van der Waals surface area contributed by atoms with Gasteiger partial charge in [-0.2, -0.15) is 13.2 Å². The van der Waals surface area contributed by atoms with Gasteiger partial charge in [0.1, 0.15) is 5.75 Å². The largest absolute Gasteiger partial charge is 0.484 e. The first-order valence-electron chi connectivity index (χ1n) is 7.37. The summed E-state index contributed by atoms with van der Waals surface area (Å²) in [7, 11) is 0. The first-order chi connectivity index (χ1) is 11.9. The number of amides is 1. The van der Waals surface area contributed by atoms with Crippen molar-refractivity contribution >= 4 is 22.5 Å². The van der Waals surface area contributed by atoms with Gasteiger partial charge in [-0.3, -0.25) is 9.78 Å². The van der Waals surface area contributed by atoms with Crippen LogP contribution in [0.4, 0.5) is 18.9 Å². The molecule has 25 heavy (non-hydrogen) atoms. The highest BCUT2D eigenvalue weighted by molar-refractivity contribution is 6.01. The molecule has 0 saturated carbocycles. The highest BCUT2D eigenvalue weighted by Crippen LogP contribution is 2.30. The third-order valence-corrected chi connectivity index (χ3v) is 3.47. The SMILES string of the molecule is O=C(COc1ccc(C(F)(F)F)cc1)Nc1cccc2ncccc12. The lowest BCUT2D eigenvalue weighted by Gasteiger charge is -2.10. The molecule has 0 atom stereocenters. The summed E-state index contributed by atoms with van der Waals surface area (Å²) in [5.41, 5.74) is 0.558. The van der Waals surface area contributed by atoms with Crippen molar-refractivity contribution in [3.8, 4) is 5.75 Å². The fourth-order valence-corrected chi connectivity index (χ4v) is 2.29. The summed E-state index contributed by atoms with van der Waals surface area (Å²) in [6.45, 7) is -0.317. The van der Waals surface area contributed by atoms with Crippen LogP contribution in [0.5, 0.6) is 5.75 Å². The van der Waals surface area contributed by atoms with Gasteiger partial charge < -0.3 is 10.1 Å². The minimum Gasteiger partial charge on any atom is -0.484 e. The molecule has 0 radical (unpaired) electrons. The fourth-order valence-electron chi connectivity index (χ4n) is 2.29. The molecule has 0 spiro atoms. The minimum absolute atomic E-state index is 0.183. The number of hydrogen-bond donors (Lipinski definition) is 1. The highest BCUT2D eigenvalue weighted by atomic mass is 19.4. The molecule has 4 nitrogen and oxygen atoms in total. The van der Waals surface area contributed by atoms with E-state index in [9.17, 15) is 18.0 Å². The number of halogens is 3. The van der Waals surface area contributed by atoms with Crippen LogP contribution < -0.4 is 10.1 Å². The molecule has 2 aromatic carbocycles. The van der Waals surface area contributed by atoms with E-state index in [1.165, 1.54) is 12.1 Å². The van der Waals surface area contributed by atoms with Crippen LogP contribution in [0, 0.1) is 0 Å². The molecule has 1 amide bonds. The number of carbonyl (C=O) groups excluding carboxylic acids is 1. The Balaban J connectivity index is 1.63. The van der Waals surface area contributed by atoms with E-state index < -0.39 is 17.6 Å². The van der Waals surface area contributed by atoms with Crippen LogP contribution in [0.2, 0.25) is 0 Å². The lowest BCUT2D eigenvalue weighted by molar-refractivity contribution is -0.137. The Bertz CT molecular complexity index is 887. The molecular formula is C18H13F3N2O2. The predicted octanol–water partition coefficient (Wildman–Crippen LogP) is 4.27. The average Bonchev–Trinajstić information content (AvgIpc) is 2.60. The molecule has 0 aliphatic carbocycles. The molecule has 3 rings (SSSR count). The van der Waals surface area contributed by atoms with Gasteiger partial charge in [-0.05, 0) is 48.5 Å². The second-order valence-electron chi connectivity index (χ2n) is 5.23. The number of aromatic nitrogens is 1. The smallest absolute Gasteiger partial charge is 0.416 e. The van der Waals surface area contributed by atoms with E-state index in [4.69, 9.17) is 4.74 Å². The summed E-state index contributed by atoms with van der Waals surface area (Å²) < 4.78 is 42.7. The fraction of sp³-hybridized carbons (Fsp3) is 0.111. The molecule has 0 fully saturated rings. The van der Waals surface area contributed by atoms with E-state index >= 15 is 0 Å². The Morgan fingerprint density at radius 3 is 2.52 bits per heavy atom. The van der Waals surface area contributed by atoms with Gasteiger partial charge in [0.05, 0.1) is 16.8 Å². The number of rotatable bonds is 4. The topological polar surface area (TPSA) is 51.2 Å². The maximum Gasteiger partial charge on any atom is 0.416 e. The molecule has 0 saturated heterocycles. The zero-order chi connectivity index (χ0) is 17.9. The van der Waals surface area contributed by atoms with Crippen molar-refractivity contribution in [1.82, 2.24) is 4.98 Å². The summed E-state index contributed by atoms with van der Waals surface area (Å²) >= 11 is 0. The van der Waals surface area contributed by atoms with Crippen LogP contribution in [0.15, 0.2) is 60.8 Å². The average molecular weight is 346 g/mol. The van der Waals surface area contributed by atoms with Crippen molar-refractivity contribution in [2.24, 2.45) is 0 Å². The van der Waals surface area contributed by atoms with Gasteiger partial charge in [0.25, 0.3) is 5.91 Å². The zero-order valence-electron chi connectivity index (χ0n) is 12.9. The van der Waals surface area contributed by atoms with E-state index in [1.807, 2.05) is 12.1 Å². The Labute approximate surface area is 141 Å². The second-order valence-corrected chi connectivity index (χ2v) is 5.23. The standard InChI is InChI=1S/C18H13F3N2O2/c19-18(20,21)12-6-8-13(9-7-12)25-11-17(24)23-16-5-1-4-15-14(16)3-2-10-22-15/h1-10H,11H2,(H,23,24). The van der Waals surface area contributed by atoms with Crippen molar-refractivity contribution in [1.29, 1.82) is 0 Å². The van der Waals surface area contributed by atoms with Crippen LogP contribution in [0.1, 0.15) is 5.56 Å². The van der Waals surface area contributed by atoms with E-state index in [0.717, 1.165) is 23.0 Å². The first kappa shape index (κ1) is 16.8. The molecule has 1 N–H and O–H groups in total. The van der Waals surface area contributed by atoms with E-state index in [-0.39, 0.29) is 12.4 Å². The van der Waals surface area contributed by atoms with Crippen LogP contribution in [0.25, 0.3) is 10.9 Å². The molecule has 0 aliphatic heterocycles. The number of pyridine rings is 1. The van der Waals surface area contributed by atoms with Crippen molar-refractivity contribution in [3.05, 3.63) is 66.4 Å². The van der Waals surface area contributed by atoms with E-state index in [2.05, 4.69) is 10.3 Å². The quantitative estimate of drug-likeness (QED) is 0.767. The van der Waals surface area contributed by atoms with Gasteiger partial charge in [0.2, 0.25) is 0 Å². The number of hydrogen-bond acceptors (Lipinski definition) is 3. The molecule has 0 bridgehead atoms. The molecule has 128 valence electrons. The maximum atomic E-state index is 12.5. The lowest BCUT2D eigenvalue weighted by atomic mass is 10.2. The number of alkyl halides is 3. The van der Waals surface area contributed by atoms with Crippen LogP contribution in [-0.2, 0) is 11.0 Å². The number of nitrogens with one attached hydrogen (secondary N) is 1. The van der Waals surface area contributed by atoms with Crippen LogP contribution >= 0.6 is 0 Å². The van der Waals surface area contributed by atoms with Gasteiger partial charge >= 0.3 is 6.18 Å². The Kier molecular flexibility index (Phi) is 4.56. The molecule has 0 aliphatic rings. The summed E-state index contributed by atoms with van der Waals surface area (Å²) in [6.07, 6.45) is -2.75. The molecule has 7 heteroatoms. The number of ether oxygens (including phenoxy) is 1. The summed E-state index contributed by atoms with van der Waals surface area (Å²) in [5, 5.41) is 3.49. The van der Waals surface area contributed by atoms with Gasteiger partial charge in [0, 0.05) is 11.6 Å². The van der Waals surface area contributed by atoms with Crippen molar-refractivity contribution in [2.45, 2.75) is 6.18 Å². The molecule has 1 aromatic heterocycles. The maximum absolute atomic E-state index is 12.5. The van der Waals surface area contributed by atoms with Gasteiger partial charge in [-0.1, -0.05) is 6.07 Å². The summed E-state index contributed by atoms with van der Waals surface area (Å²) in [4.78, 5) is 16.2. The zero-order valence-corrected chi connectivity index (χ0v) is 12.9. The van der Waals surface area contributed by atoms with Crippen molar-refractivity contribution < 1.29 is 22.7 Å². The molecule has 0 unspecified atom stereocenters. The Morgan fingerprint density at radius 1 is 1.04 bits per heavy atom. The van der Waals surface area contributed by atoms with Crippen LogP contribution in [-0.4, -0.2) is 17.5 Å². The number of anilines is 1. The third-order valence-electron chi connectivity index (χ3n) is 3.47. The summed E-state index contributed by atoms with van der Waals surface area (Å²) in [5.74, 6) is -0.237. The normalized spacial score (nSPS) is 11.3. The number of nitrogens with zero attached hydrogens (tertiary/aromatic N) is 1. The van der Waals surface area contributed by atoms with E-state index in [0.29, 0.717) is 5.69 Å². The van der Waals surface area contributed by atoms with Crippen LogP contribution in [0.3, 0.4) is 0 Å². The van der Waals surface area contributed by atoms with Gasteiger partial charge in [-0.25, -0.2) is 0 Å². The number of fused-ring (bicyclic) bond motifs is 1. The molecule has 1 heterocycles. The second kappa shape index (κ2) is 6.80. The number of benzene rings is 2. The first-order valence-corrected chi connectivity index (χ1v) is 7.37. The Morgan fingerprint density at radius 2 is 1.80 bits per heavy atom. The third kappa shape index (κ3) is 4.06. The molecule has 3 aromatic rings. The van der Waals surface area contributed by atoms with Gasteiger partial charge in [-0.15, -0.1) is 0 Å². The monoisotopic (exact) mass is 346 g/mol. The lowest BCUT2D eigenvalue weighted by Crippen LogP contribution is -2.20. The molecular weight excluding hydrogens is 333 g/mol.